The minimum atomic E-state index is -0.740. The minimum absolute atomic E-state index is 0.311. The standard InChI is InChI=1S/C13H20BrNO2/c1-3-13(16,4-2)9-17-11-5-6-12(14)10(7-11)8-15/h5-7,16H,3-4,8-9,15H2,1-2H3. The SMILES string of the molecule is CCC(O)(CC)COc1ccc(Br)c(CN)c1. The van der Waals surface area contributed by atoms with E-state index in [4.69, 9.17) is 10.5 Å². The molecule has 4 heteroatoms. The summed E-state index contributed by atoms with van der Waals surface area (Å²) >= 11 is 3.42. The molecule has 0 aliphatic heterocycles. The molecule has 0 atom stereocenters. The molecule has 1 aromatic rings. The summed E-state index contributed by atoms with van der Waals surface area (Å²) in [4.78, 5) is 0. The van der Waals surface area contributed by atoms with Crippen LogP contribution in [-0.4, -0.2) is 17.3 Å². The van der Waals surface area contributed by atoms with E-state index in [1.807, 2.05) is 32.0 Å². The van der Waals surface area contributed by atoms with Crippen LogP contribution in [-0.2, 0) is 6.54 Å². The summed E-state index contributed by atoms with van der Waals surface area (Å²) in [7, 11) is 0. The summed E-state index contributed by atoms with van der Waals surface area (Å²) in [5.74, 6) is 0.744. The third-order valence-electron chi connectivity index (χ3n) is 3.06. The van der Waals surface area contributed by atoms with Gasteiger partial charge in [-0.15, -0.1) is 0 Å². The fourth-order valence-corrected chi connectivity index (χ4v) is 1.88. The first-order chi connectivity index (χ1) is 8.04. The molecule has 0 bridgehead atoms. The first-order valence-corrected chi connectivity index (χ1v) is 6.67. The number of hydrogen-bond donors (Lipinski definition) is 2. The van der Waals surface area contributed by atoms with Crippen molar-refractivity contribution in [2.75, 3.05) is 6.61 Å². The van der Waals surface area contributed by atoms with Crippen molar-refractivity contribution < 1.29 is 9.84 Å². The number of hydrogen-bond acceptors (Lipinski definition) is 3. The van der Waals surface area contributed by atoms with Crippen LogP contribution in [0.3, 0.4) is 0 Å². The van der Waals surface area contributed by atoms with Gasteiger partial charge in [0.05, 0.1) is 5.60 Å². The molecule has 0 amide bonds. The van der Waals surface area contributed by atoms with Crippen LogP contribution in [0.5, 0.6) is 5.75 Å². The molecule has 0 saturated heterocycles. The maximum Gasteiger partial charge on any atom is 0.119 e. The third kappa shape index (κ3) is 3.98. The van der Waals surface area contributed by atoms with Crippen LogP contribution in [0.4, 0.5) is 0 Å². The highest BCUT2D eigenvalue weighted by atomic mass is 79.9. The van der Waals surface area contributed by atoms with Crippen LogP contribution in [0.25, 0.3) is 0 Å². The van der Waals surface area contributed by atoms with Crippen molar-refractivity contribution in [3.8, 4) is 5.75 Å². The van der Waals surface area contributed by atoms with Crippen molar-refractivity contribution in [2.24, 2.45) is 5.73 Å². The van der Waals surface area contributed by atoms with Crippen molar-refractivity contribution in [2.45, 2.75) is 38.8 Å². The molecule has 96 valence electrons. The second-order valence-electron chi connectivity index (χ2n) is 4.18. The van der Waals surface area contributed by atoms with Crippen LogP contribution in [0.15, 0.2) is 22.7 Å². The molecular weight excluding hydrogens is 282 g/mol. The summed E-state index contributed by atoms with van der Waals surface area (Å²) in [6.07, 6.45) is 1.37. The molecule has 0 aliphatic carbocycles. The minimum Gasteiger partial charge on any atom is -0.491 e. The van der Waals surface area contributed by atoms with Gasteiger partial charge in [0.2, 0.25) is 0 Å². The Labute approximate surface area is 111 Å². The number of benzene rings is 1. The zero-order valence-corrected chi connectivity index (χ0v) is 12.0. The van der Waals surface area contributed by atoms with Crippen LogP contribution in [0, 0.1) is 0 Å². The van der Waals surface area contributed by atoms with Gasteiger partial charge in [0.25, 0.3) is 0 Å². The highest BCUT2D eigenvalue weighted by Gasteiger charge is 2.23. The van der Waals surface area contributed by atoms with E-state index >= 15 is 0 Å². The zero-order valence-electron chi connectivity index (χ0n) is 10.4. The van der Waals surface area contributed by atoms with Gasteiger partial charge < -0.3 is 15.6 Å². The normalized spacial score (nSPS) is 11.6. The molecule has 0 radical (unpaired) electrons. The van der Waals surface area contributed by atoms with Gasteiger partial charge in [-0.1, -0.05) is 29.8 Å². The van der Waals surface area contributed by atoms with Crippen molar-refractivity contribution in [1.82, 2.24) is 0 Å². The lowest BCUT2D eigenvalue weighted by Crippen LogP contribution is -2.34. The van der Waals surface area contributed by atoms with E-state index in [1.165, 1.54) is 0 Å². The molecule has 3 nitrogen and oxygen atoms in total. The van der Waals surface area contributed by atoms with Gasteiger partial charge in [-0.05, 0) is 36.6 Å². The summed E-state index contributed by atoms with van der Waals surface area (Å²) < 4.78 is 6.60. The Bertz CT molecular complexity index is 364. The van der Waals surface area contributed by atoms with Crippen molar-refractivity contribution in [1.29, 1.82) is 0 Å². The molecule has 1 rings (SSSR count). The second-order valence-corrected chi connectivity index (χ2v) is 5.03. The fourth-order valence-electron chi connectivity index (χ4n) is 1.47. The summed E-state index contributed by atoms with van der Waals surface area (Å²) in [5.41, 5.74) is 5.88. The Morgan fingerprint density at radius 2 is 2.00 bits per heavy atom. The van der Waals surface area contributed by atoms with E-state index in [2.05, 4.69) is 15.9 Å². The summed E-state index contributed by atoms with van der Waals surface area (Å²) in [6.45, 7) is 4.69. The van der Waals surface area contributed by atoms with E-state index in [0.717, 1.165) is 15.8 Å². The maximum atomic E-state index is 10.1. The van der Waals surface area contributed by atoms with Crippen molar-refractivity contribution >= 4 is 15.9 Å². The largest absolute Gasteiger partial charge is 0.491 e. The van der Waals surface area contributed by atoms with Crippen molar-refractivity contribution in [3.63, 3.8) is 0 Å². The molecule has 0 unspecified atom stereocenters. The lowest BCUT2D eigenvalue weighted by atomic mass is 9.99. The number of ether oxygens (including phenoxy) is 1. The zero-order chi connectivity index (χ0) is 12.9. The summed E-state index contributed by atoms with van der Waals surface area (Å²) in [5, 5.41) is 10.1. The molecule has 1 aromatic carbocycles. The van der Waals surface area contributed by atoms with Gasteiger partial charge in [-0.25, -0.2) is 0 Å². The molecule has 0 aromatic heterocycles. The molecular formula is C13H20BrNO2. The van der Waals surface area contributed by atoms with Gasteiger partial charge in [0.15, 0.2) is 0 Å². The van der Waals surface area contributed by atoms with E-state index in [-0.39, 0.29) is 0 Å². The van der Waals surface area contributed by atoms with Crippen LogP contribution in [0.1, 0.15) is 32.3 Å². The van der Waals surface area contributed by atoms with Gasteiger partial charge in [-0.2, -0.15) is 0 Å². The smallest absolute Gasteiger partial charge is 0.119 e. The monoisotopic (exact) mass is 301 g/mol. The predicted octanol–water partition coefficient (Wildman–Crippen LogP) is 2.84. The van der Waals surface area contributed by atoms with E-state index in [0.29, 0.717) is 26.0 Å². The Hall–Kier alpha value is -0.580. The average molecular weight is 302 g/mol. The van der Waals surface area contributed by atoms with E-state index < -0.39 is 5.60 Å². The topological polar surface area (TPSA) is 55.5 Å². The Morgan fingerprint density at radius 3 is 2.53 bits per heavy atom. The lowest BCUT2D eigenvalue weighted by molar-refractivity contribution is -0.0113. The molecule has 0 fully saturated rings. The molecule has 0 spiro atoms. The molecule has 3 N–H and O–H groups in total. The Balaban J connectivity index is 2.69. The molecule has 0 aliphatic rings. The lowest BCUT2D eigenvalue weighted by Gasteiger charge is -2.25. The highest BCUT2D eigenvalue weighted by molar-refractivity contribution is 9.10. The number of nitrogens with two attached hydrogens (primary N) is 1. The molecule has 0 saturated carbocycles. The number of rotatable bonds is 6. The summed E-state index contributed by atoms with van der Waals surface area (Å²) in [6, 6.07) is 5.68. The Morgan fingerprint density at radius 1 is 1.35 bits per heavy atom. The predicted molar refractivity (Wildman–Crippen MR) is 73.1 cm³/mol. The molecule has 17 heavy (non-hydrogen) atoms. The highest BCUT2D eigenvalue weighted by Crippen LogP contribution is 2.24. The number of halogens is 1. The van der Waals surface area contributed by atoms with Crippen LogP contribution >= 0.6 is 15.9 Å². The second kappa shape index (κ2) is 6.38. The first kappa shape index (κ1) is 14.5. The van der Waals surface area contributed by atoms with Gasteiger partial charge in [0.1, 0.15) is 12.4 Å². The quantitative estimate of drug-likeness (QED) is 0.849. The first-order valence-electron chi connectivity index (χ1n) is 5.88. The Kier molecular flexibility index (Phi) is 5.43. The van der Waals surface area contributed by atoms with Crippen molar-refractivity contribution in [3.05, 3.63) is 28.2 Å². The maximum absolute atomic E-state index is 10.1. The number of aliphatic hydroxyl groups is 1. The van der Waals surface area contributed by atoms with Gasteiger partial charge in [-0.3, -0.25) is 0 Å². The average Bonchev–Trinajstić information content (AvgIpc) is 2.37. The van der Waals surface area contributed by atoms with Crippen LogP contribution in [0.2, 0.25) is 0 Å². The van der Waals surface area contributed by atoms with E-state index in [9.17, 15) is 5.11 Å². The molecule has 0 heterocycles. The van der Waals surface area contributed by atoms with E-state index in [1.54, 1.807) is 0 Å². The fraction of sp³-hybridized carbons (Fsp3) is 0.538. The third-order valence-corrected chi connectivity index (χ3v) is 3.83. The van der Waals surface area contributed by atoms with Gasteiger partial charge >= 0.3 is 0 Å². The van der Waals surface area contributed by atoms with Gasteiger partial charge in [0, 0.05) is 11.0 Å². The van der Waals surface area contributed by atoms with Crippen LogP contribution < -0.4 is 10.5 Å².